The number of nitro benzene ring substituents is 1. The highest BCUT2D eigenvalue weighted by Gasteiger charge is 2.16. The van der Waals surface area contributed by atoms with Gasteiger partial charge in [0.15, 0.2) is 11.5 Å². The number of nitrogens with one attached hydrogen (secondary N) is 1. The first-order valence-corrected chi connectivity index (χ1v) is 11.5. The van der Waals surface area contributed by atoms with Crippen LogP contribution in [-0.2, 0) is 11.4 Å². The second-order valence-corrected chi connectivity index (χ2v) is 8.32. The lowest BCUT2D eigenvalue weighted by atomic mass is 10.1. The number of aliphatic carboxylic acids is 1. The Kier molecular flexibility index (Phi) is 8.79. The molecular weight excluding hydrogens is 567 g/mol. The lowest BCUT2D eigenvalue weighted by molar-refractivity contribution is -0.384. The molecule has 0 aliphatic heterocycles. The van der Waals surface area contributed by atoms with E-state index in [-0.39, 0.29) is 18.0 Å². The van der Waals surface area contributed by atoms with Crippen LogP contribution in [0.25, 0.3) is 6.08 Å². The van der Waals surface area contributed by atoms with Gasteiger partial charge in [0.05, 0.1) is 15.1 Å². The second-order valence-electron chi connectivity index (χ2n) is 7.16. The van der Waals surface area contributed by atoms with Crippen LogP contribution in [0.4, 0.5) is 5.69 Å². The molecule has 0 saturated carbocycles. The van der Waals surface area contributed by atoms with Crippen molar-refractivity contribution in [2.24, 2.45) is 0 Å². The van der Waals surface area contributed by atoms with Crippen LogP contribution in [0, 0.1) is 13.7 Å². The monoisotopic (exact) mass is 588 g/mol. The van der Waals surface area contributed by atoms with Gasteiger partial charge in [0, 0.05) is 17.7 Å². The number of benzene rings is 3. The number of carbonyl (C=O) groups excluding carboxylic acids is 1. The Morgan fingerprint density at radius 3 is 2.37 bits per heavy atom. The zero-order chi connectivity index (χ0) is 25.4. The highest BCUT2D eigenvalue weighted by Crippen LogP contribution is 2.35. The van der Waals surface area contributed by atoms with Crippen LogP contribution in [0.15, 0.2) is 72.4 Å². The molecule has 0 aromatic heterocycles. The highest BCUT2D eigenvalue weighted by atomic mass is 127. The van der Waals surface area contributed by atoms with Crippen molar-refractivity contribution in [3.8, 4) is 11.5 Å². The number of rotatable bonds is 10. The Morgan fingerprint density at radius 1 is 1.09 bits per heavy atom. The summed E-state index contributed by atoms with van der Waals surface area (Å²) in [6.07, 6.45) is 1.34. The fraction of sp³-hybridized carbons (Fsp3) is 0.120. The van der Waals surface area contributed by atoms with E-state index in [0.717, 1.165) is 5.56 Å². The molecule has 3 aromatic carbocycles. The Morgan fingerprint density at radius 2 is 1.77 bits per heavy atom. The number of hydrogen-bond acceptors (Lipinski definition) is 6. The molecule has 35 heavy (non-hydrogen) atoms. The Bertz CT molecular complexity index is 1260. The summed E-state index contributed by atoms with van der Waals surface area (Å²) in [5, 5.41) is 22.9. The van der Waals surface area contributed by atoms with Gasteiger partial charge in [-0.05, 0) is 83.1 Å². The van der Waals surface area contributed by atoms with Crippen LogP contribution in [0.2, 0.25) is 0 Å². The first-order valence-electron chi connectivity index (χ1n) is 10.4. The molecular formula is C25H21IN2O7. The number of non-ortho nitro benzene ring substituents is 1. The average Bonchev–Trinajstić information content (AvgIpc) is 2.84. The highest BCUT2D eigenvalue weighted by molar-refractivity contribution is 14.1. The quantitative estimate of drug-likeness (QED) is 0.147. The van der Waals surface area contributed by atoms with Gasteiger partial charge >= 0.3 is 5.97 Å². The molecule has 3 rings (SSSR count). The molecule has 0 heterocycles. The van der Waals surface area contributed by atoms with Gasteiger partial charge in [-0.1, -0.05) is 18.2 Å². The summed E-state index contributed by atoms with van der Waals surface area (Å²) in [5.74, 6) is -0.984. The summed E-state index contributed by atoms with van der Waals surface area (Å²) in [6, 6.07) is 17.6. The third-order valence-corrected chi connectivity index (χ3v) is 5.49. The maximum atomic E-state index is 12.4. The molecule has 0 bridgehead atoms. The van der Waals surface area contributed by atoms with Gasteiger partial charge in [-0.15, -0.1) is 0 Å². The lowest BCUT2D eigenvalue weighted by Crippen LogP contribution is -2.27. The second kappa shape index (κ2) is 12.0. The number of amides is 1. The molecule has 3 aromatic rings. The fourth-order valence-corrected chi connectivity index (χ4v) is 3.83. The Labute approximate surface area is 214 Å². The molecule has 0 aliphatic carbocycles. The summed E-state index contributed by atoms with van der Waals surface area (Å²) < 4.78 is 12.3. The third kappa shape index (κ3) is 7.03. The van der Waals surface area contributed by atoms with Gasteiger partial charge in [-0.25, -0.2) is 4.79 Å². The zero-order valence-electron chi connectivity index (χ0n) is 18.6. The van der Waals surface area contributed by atoms with Gasteiger partial charge in [0.2, 0.25) is 0 Å². The van der Waals surface area contributed by atoms with Crippen LogP contribution in [0.3, 0.4) is 0 Å². The van der Waals surface area contributed by atoms with Gasteiger partial charge in [0.1, 0.15) is 12.3 Å². The molecule has 0 spiro atoms. The van der Waals surface area contributed by atoms with Gasteiger partial charge < -0.3 is 19.9 Å². The number of nitro groups is 1. The smallest absolute Gasteiger partial charge is 0.352 e. The van der Waals surface area contributed by atoms with Crippen molar-refractivity contribution in [2.45, 2.75) is 13.5 Å². The van der Waals surface area contributed by atoms with E-state index in [4.69, 9.17) is 9.47 Å². The minimum absolute atomic E-state index is 0.0110. The van der Waals surface area contributed by atoms with Crippen LogP contribution < -0.4 is 14.8 Å². The van der Waals surface area contributed by atoms with Gasteiger partial charge in [0.25, 0.3) is 11.6 Å². The molecule has 180 valence electrons. The number of halogens is 1. The predicted octanol–water partition coefficient (Wildman–Crippen LogP) is 5.03. The molecule has 0 fully saturated rings. The van der Waals surface area contributed by atoms with E-state index in [0.29, 0.717) is 32.8 Å². The largest absolute Gasteiger partial charge is 0.490 e. The summed E-state index contributed by atoms with van der Waals surface area (Å²) in [7, 11) is 0. The van der Waals surface area contributed by atoms with Crippen molar-refractivity contribution < 1.29 is 29.1 Å². The summed E-state index contributed by atoms with van der Waals surface area (Å²) in [4.78, 5) is 34.6. The van der Waals surface area contributed by atoms with Gasteiger partial charge in [-0.2, -0.15) is 0 Å². The van der Waals surface area contributed by atoms with Crippen molar-refractivity contribution >= 4 is 46.2 Å². The minimum atomic E-state index is -1.29. The lowest BCUT2D eigenvalue weighted by Gasteiger charge is -2.15. The fourth-order valence-electron chi connectivity index (χ4n) is 3.05. The SMILES string of the molecule is CCOc1cc(/C=C(/NC(=O)c2ccccc2)C(=O)O)cc(I)c1OCc1ccc([N+](=O)[O-])cc1. The van der Waals surface area contributed by atoms with E-state index in [9.17, 15) is 24.8 Å². The van der Waals surface area contributed by atoms with Crippen LogP contribution in [0.5, 0.6) is 11.5 Å². The molecule has 10 heteroatoms. The minimum Gasteiger partial charge on any atom is -0.490 e. The standard InChI is InChI=1S/C25H21IN2O7/c1-2-34-22-14-17(13-21(25(30)31)27-24(29)18-6-4-3-5-7-18)12-20(26)23(22)35-15-16-8-10-19(11-9-16)28(32)33/h3-14H,2,15H2,1H3,(H,27,29)(H,30,31)/b21-13+. The Hall–Kier alpha value is -3.93. The van der Waals surface area contributed by atoms with Crippen molar-refractivity contribution in [3.05, 3.63) is 103 Å². The maximum Gasteiger partial charge on any atom is 0.352 e. The van der Waals surface area contributed by atoms with Crippen LogP contribution in [0.1, 0.15) is 28.4 Å². The van der Waals surface area contributed by atoms with Gasteiger partial charge in [-0.3, -0.25) is 14.9 Å². The molecule has 0 atom stereocenters. The molecule has 0 unspecified atom stereocenters. The van der Waals surface area contributed by atoms with Crippen LogP contribution in [-0.4, -0.2) is 28.5 Å². The normalized spacial score (nSPS) is 11.0. The molecule has 0 saturated heterocycles. The molecule has 2 N–H and O–H groups in total. The maximum absolute atomic E-state index is 12.4. The average molecular weight is 588 g/mol. The van der Waals surface area contributed by atoms with Crippen molar-refractivity contribution in [3.63, 3.8) is 0 Å². The van der Waals surface area contributed by atoms with Crippen LogP contribution >= 0.6 is 22.6 Å². The summed E-state index contributed by atoms with van der Waals surface area (Å²) in [5.41, 5.74) is 1.25. The Balaban J connectivity index is 1.84. The molecule has 0 radical (unpaired) electrons. The van der Waals surface area contributed by atoms with E-state index >= 15 is 0 Å². The van der Waals surface area contributed by atoms with Crippen molar-refractivity contribution in [2.75, 3.05) is 6.61 Å². The molecule has 1 amide bonds. The number of nitrogens with zero attached hydrogens (tertiary/aromatic N) is 1. The van der Waals surface area contributed by atoms with Crippen molar-refractivity contribution in [1.29, 1.82) is 0 Å². The van der Waals surface area contributed by atoms with Crippen molar-refractivity contribution in [1.82, 2.24) is 5.32 Å². The number of carbonyl (C=O) groups is 2. The summed E-state index contributed by atoms with van der Waals surface area (Å²) in [6.45, 7) is 2.29. The summed E-state index contributed by atoms with van der Waals surface area (Å²) >= 11 is 2.05. The number of carboxylic acid groups (broad SMARTS) is 1. The number of hydrogen-bond donors (Lipinski definition) is 2. The molecule has 0 aliphatic rings. The van der Waals surface area contributed by atoms with E-state index in [1.807, 2.05) is 22.6 Å². The van der Waals surface area contributed by atoms with E-state index in [1.165, 1.54) is 18.2 Å². The first kappa shape index (κ1) is 25.7. The molecule has 9 nitrogen and oxygen atoms in total. The van der Waals surface area contributed by atoms with E-state index in [2.05, 4.69) is 5.32 Å². The van der Waals surface area contributed by atoms with E-state index in [1.54, 1.807) is 61.5 Å². The first-order chi connectivity index (χ1) is 16.8. The predicted molar refractivity (Wildman–Crippen MR) is 137 cm³/mol. The topological polar surface area (TPSA) is 128 Å². The number of ether oxygens (including phenoxy) is 2. The zero-order valence-corrected chi connectivity index (χ0v) is 20.7. The van der Waals surface area contributed by atoms with E-state index < -0.39 is 16.8 Å². The number of carboxylic acids is 1. The third-order valence-electron chi connectivity index (χ3n) is 4.69.